The van der Waals surface area contributed by atoms with Gasteiger partial charge in [0.05, 0.1) is 13.5 Å². The monoisotopic (exact) mass is 281 g/mol. The van der Waals surface area contributed by atoms with E-state index >= 15 is 0 Å². The fourth-order valence-corrected chi connectivity index (χ4v) is 1.39. The van der Waals surface area contributed by atoms with Gasteiger partial charge in [0.2, 0.25) is 0 Å². The Morgan fingerprint density at radius 1 is 1.40 bits per heavy atom. The molecule has 0 radical (unpaired) electrons. The van der Waals surface area contributed by atoms with Crippen LogP contribution in [0.1, 0.15) is 26.6 Å². The molecule has 7 nitrogen and oxygen atoms in total. The van der Waals surface area contributed by atoms with Crippen molar-refractivity contribution >= 4 is 17.8 Å². The van der Waals surface area contributed by atoms with Gasteiger partial charge in [-0.25, -0.2) is 14.6 Å². The first kappa shape index (κ1) is 15.9. The summed E-state index contributed by atoms with van der Waals surface area (Å²) in [6.45, 7) is 5.16. The summed E-state index contributed by atoms with van der Waals surface area (Å²) in [5.74, 6) is -0.0865. The molecule has 0 atom stereocenters. The molecule has 0 aliphatic heterocycles. The van der Waals surface area contributed by atoms with Gasteiger partial charge < -0.3 is 14.0 Å². The molecular weight excluding hydrogens is 262 g/mol. The molecule has 1 heterocycles. The SMILES string of the molecule is COC(=O)C(Cc1nccn1C)=NC(=O)OC(C)(C)C. The molecule has 7 heteroatoms. The number of nitrogens with zero attached hydrogens (tertiary/aromatic N) is 3. The Labute approximate surface area is 117 Å². The highest BCUT2D eigenvalue weighted by Gasteiger charge is 2.20. The van der Waals surface area contributed by atoms with Crippen molar-refractivity contribution in [3.05, 3.63) is 18.2 Å². The Morgan fingerprint density at radius 2 is 2.05 bits per heavy atom. The maximum atomic E-state index is 11.7. The lowest BCUT2D eigenvalue weighted by Crippen LogP contribution is -2.26. The standard InChI is InChI=1S/C13H19N3O4/c1-13(2,3)20-12(18)15-9(11(17)19-5)8-10-14-6-7-16(10)4/h6-7H,8H2,1-5H3. The van der Waals surface area contributed by atoms with E-state index in [1.807, 2.05) is 0 Å². The van der Waals surface area contributed by atoms with Crippen molar-refractivity contribution in [3.8, 4) is 0 Å². The van der Waals surface area contributed by atoms with Crippen LogP contribution in [0.25, 0.3) is 0 Å². The molecular formula is C13H19N3O4. The summed E-state index contributed by atoms with van der Waals surface area (Å²) in [6, 6.07) is 0. The molecule has 0 aliphatic rings. The van der Waals surface area contributed by atoms with Gasteiger partial charge in [0.25, 0.3) is 0 Å². The minimum atomic E-state index is -0.827. The Kier molecular flexibility index (Phi) is 5.01. The van der Waals surface area contributed by atoms with Crippen LogP contribution in [-0.2, 0) is 27.7 Å². The molecule has 0 aromatic carbocycles. The zero-order valence-electron chi connectivity index (χ0n) is 12.3. The zero-order valence-corrected chi connectivity index (χ0v) is 12.3. The summed E-state index contributed by atoms with van der Waals surface area (Å²) in [5, 5.41) is 0. The van der Waals surface area contributed by atoms with Gasteiger partial charge in [-0.05, 0) is 20.8 Å². The molecule has 0 spiro atoms. The molecule has 1 rings (SSSR count). The molecule has 0 saturated carbocycles. The summed E-state index contributed by atoms with van der Waals surface area (Å²) in [6.07, 6.45) is 2.59. The van der Waals surface area contributed by atoms with Crippen LogP contribution in [0.15, 0.2) is 17.4 Å². The molecule has 1 aromatic heterocycles. The first-order chi connectivity index (χ1) is 9.23. The molecule has 0 unspecified atom stereocenters. The van der Waals surface area contributed by atoms with Crippen LogP contribution in [0, 0.1) is 0 Å². The van der Waals surface area contributed by atoms with Crippen LogP contribution in [0.4, 0.5) is 4.79 Å². The van der Waals surface area contributed by atoms with E-state index in [2.05, 4.69) is 14.7 Å². The number of rotatable bonds is 3. The van der Waals surface area contributed by atoms with Crippen molar-refractivity contribution in [1.29, 1.82) is 0 Å². The van der Waals surface area contributed by atoms with E-state index in [-0.39, 0.29) is 12.1 Å². The third-order valence-corrected chi connectivity index (χ3v) is 2.29. The molecule has 1 aromatic rings. The first-order valence-electron chi connectivity index (χ1n) is 6.08. The number of ether oxygens (including phenoxy) is 2. The minimum absolute atomic E-state index is 0.0453. The van der Waals surface area contributed by atoms with Gasteiger partial charge in [0.15, 0.2) is 0 Å². The smallest absolute Gasteiger partial charge is 0.434 e. The maximum absolute atomic E-state index is 11.7. The van der Waals surface area contributed by atoms with Crippen molar-refractivity contribution in [1.82, 2.24) is 9.55 Å². The highest BCUT2D eigenvalue weighted by atomic mass is 16.6. The minimum Gasteiger partial charge on any atom is -0.465 e. The molecule has 0 aliphatic carbocycles. The third kappa shape index (κ3) is 4.83. The largest absolute Gasteiger partial charge is 0.465 e. The topological polar surface area (TPSA) is 82.8 Å². The van der Waals surface area contributed by atoms with Gasteiger partial charge in [-0.15, -0.1) is 0 Å². The number of hydrogen-bond acceptors (Lipinski definition) is 5. The number of imidazole rings is 1. The van der Waals surface area contributed by atoms with Gasteiger partial charge >= 0.3 is 12.1 Å². The van der Waals surface area contributed by atoms with Gasteiger partial charge in [0.1, 0.15) is 17.1 Å². The normalized spacial score (nSPS) is 12.2. The van der Waals surface area contributed by atoms with Gasteiger partial charge in [-0.3, -0.25) is 0 Å². The number of carbonyl (C=O) groups excluding carboxylic acids is 2. The van der Waals surface area contributed by atoms with Crippen LogP contribution in [0.2, 0.25) is 0 Å². The van der Waals surface area contributed by atoms with E-state index in [9.17, 15) is 9.59 Å². The van der Waals surface area contributed by atoms with Gasteiger partial charge in [-0.2, -0.15) is 4.99 Å². The second kappa shape index (κ2) is 6.31. The fourth-order valence-electron chi connectivity index (χ4n) is 1.39. The predicted octanol–water partition coefficient (Wildman–Crippen LogP) is 1.51. The van der Waals surface area contributed by atoms with Crippen molar-refractivity contribution in [3.63, 3.8) is 0 Å². The van der Waals surface area contributed by atoms with Crippen LogP contribution in [0.3, 0.4) is 0 Å². The quantitative estimate of drug-likeness (QED) is 0.619. The molecule has 0 fully saturated rings. The molecule has 110 valence electrons. The number of carbonyl (C=O) groups is 2. The van der Waals surface area contributed by atoms with Crippen molar-refractivity contribution in [2.45, 2.75) is 32.8 Å². The van der Waals surface area contributed by atoms with Crippen LogP contribution in [0.5, 0.6) is 0 Å². The lowest BCUT2D eigenvalue weighted by Gasteiger charge is -2.17. The highest BCUT2D eigenvalue weighted by Crippen LogP contribution is 2.09. The average Bonchev–Trinajstić information content (AvgIpc) is 2.70. The fraction of sp³-hybridized carbons (Fsp3) is 0.538. The van der Waals surface area contributed by atoms with Crippen LogP contribution < -0.4 is 0 Å². The highest BCUT2D eigenvalue weighted by molar-refractivity contribution is 6.38. The lowest BCUT2D eigenvalue weighted by atomic mass is 10.2. The molecule has 0 N–H and O–H groups in total. The van der Waals surface area contributed by atoms with E-state index in [0.717, 1.165) is 0 Å². The number of amides is 1. The molecule has 0 saturated heterocycles. The average molecular weight is 281 g/mol. The lowest BCUT2D eigenvalue weighted by molar-refractivity contribution is -0.132. The number of aromatic nitrogens is 2. The summed E-state index contributed by atoms with van der Waals surface area (Å²) in [5.41, 5.74) is -0.721. The van der Waals surface area contributed by atoms with Gasteiger partial charge in [0, 0.05) is 19.4 Å². The number of methoxy groups -OCH3 is 1. The number of aliphatic imine (C=N–C) groups is 1. The Hall–Kier alpha value is -2.18. The summed E-state index contributed by atoms with van der Waals surface area (Å²) in [4.78, 5) is 31.1. The number of aryl methyl sites for hydroxylation is 1. The Bertz CT molecular complexity index is 526. The molecule has 1 amide bonds. The summed E-state index contributed by atoms with van der Waals surface area (Å²) >= 11 is 0. The van der Waals surface area contributed by atoms with Gasteiger partial charge in [-0.1, -0.05) is 0 Å². The van der Waals surface area contributed by atoms with E-state index < -0.39 is 17.7 Å². The second-order valence-corrected chi connectivity index (χ2v) is 5.16. The maximum Gasteiger partial charge on any atom is 0.434 e. The van der Waals surface area contributed by atoms with E-state index in [0.29, 0.717) is 5.82 Å². The van der Waals surface area contributed by atoms with Crippen LogP contribution in [-0.4, -0.2) is 40.0 Å². The molecule has 20 heavy (non-hydrogen) atoms. The van der Waals surface area contributed by atoms with E-state index in [1.165, 1.54) is 7.11 Å². The Balaban J connectivity index is 2.92. The van der Waals surface area contributed by atoms with Crippen molar-refractivity contribution in [2.24, 2.45) is 12.0 Å². The van der Waals surface area contributed by atoms with Crippen molar-refractivity contribution < 1.29 is 19.1 Å². The number of esters is 1. The molecule has 0 bridgehead atoms. The van der Waals surface area contributed by atoms with E-state index in [1.54, 1.807) is 44.8 Å². The van der Waals surface area contributed by atoms with E-state index in [4.69, 9.17) is 4.74 Å². The van der Waals surface area contributed by atoms with Crippen molar-refractivity contribution in [2.75, 3.05) is 7.11 Å². The zero-order chi connectivity index (χ0) is 15.3. The van der Waals surface area contributed by atoms with Crippen LogP contribution >= 0.6 is 0 Å². The third-order valence-electron chi connectivity index (χ3n) is 2.29. The summed E-state index contributed by atoms with van der Waals surface area (Å²) in [7, 11) is 3.01. The second-order valence-electron chi connectivity index (χ2n) is 5.16. The number of hydrogen-bond donors (Lipinski definition) is 0. The first-order valence-corrected chi connectivity index (χ1v) is 6.08. The summed E-state index contributed by atoms with van der Waals surface area (Å²) < 4.78 is 11.4. The predicted molar refractivity (Wildman–Crippen MR) is 72.6 cm³/mol. The Morgan fingerprint density at radius 3 is 2.50 bits per heavy atom.